The first-order valence-corrected chi connectivity index (χ1v) is 5.97. The van der Waals surface area contributed by atoms with Gasteiger partial charge in [0.25, 0.3) is 0 Å². The third-order valence-electron chi connectivity index (χ3n) is 3.35. The van der Waals surface area contributed by atoms with Crippen molar-refractivity contribution in [2.75, 3.05) is 5.32 Å². The van der Waals surface area contributed by atoms with Crippen LogP contribution in [0.25, 0.3) is 5.73 Å². The molecule has 0 aliphatic heterocycles. The third-order valence-corrected chi connectivity index (χ3v) is 3.35. The molecule has 4 nitrogen and oxygen atoms in total. The van der Waals surface area contributed by atoms with Gasteiger partial charge in [0.2, 0.25) is 5.91 Å². The Labute approximate surface area is 155 Å². The summed E-state index contributed by atoms with van der Waals surface area (Å²) < 4.78 is 0. The Hall–Kier alpha value is -0.204. The van der Waals surface area contributed by atoms with Gasteiger partial charge in [0.1, 0.15) is 0 Å². The second-order valence-electron chi connectivity index (χ2n) is 4.85. The quantitative estimate of drug-likeness (QED) is 0.602. The summed E-state index contributed by atoms with van der Waals surface area (Å²) in [6.07, 6.45) is 1.41. The van der Waals surface area contributed by atoms with Gasteiger partial charge in [0.05, 0.1) is 0 Å². The van der Waals surface area contributed by atoms with Gasteiger partial charge in [0, 0.05) is 18.0 Å². The average molecular weight is 283 g/mol. The Kier molecular flexibility index (Phi) is 5.76. The van der Waals surface area contributed by atoms with Crippen molar-refractivity contribution in [1.82, 2.24) is 0 Å². The molecule has 2 rings (SSSR count). The molecule has 1 aliphatic rings. The molecule has 5 heteroatoms. The van der Waals surface area contributed by atoms with Crippen LogP contribution < -0.4 is 56.7 Å². The Morgan fingerprint density at radius 3 is 2.58 bits per heavy atom. The van der Waals surface area contributed by atoms with E-state index in [1.807, 2.05) is 18.2 Å². The number of anilines is 1. The van der Waals surface area contributed by atoms with Crippen molar-refractivity contribution in [3.8, 4) is 0 Å². The Bertz CT molecular complexity index is 516. The van der Waals surface area contributed by atoms with Crippen molar-refractivity contribution in [2.45, 2.75) is 26.2 Å². The summed E-state index contributed by atoms with van der Waals surface area (Å²) in [6.45, 7) is 5.66. The van der Waals surface area contributed by atoms with Crippen LogP contribution in [0.1, 0.15) is 24.5 Å². The topological polar surface area (TPSA) is 70.0 Å². The predicted octanol–water partition coefficient (Wildman–Crippen LogP) is -0.463. The number of carbonyl (C=O) groups excluding carboxylic acids is 2. The van der Waals surface area contributed by atoms with Gasteiger partial charge in [-0.1, -0.05) is 13.0 Å². The molecular formula is C14H16KN2O2-. The van der Waals surface area contributed by atoms with E-state index in [0.29, 0.717) is 19.3 Å². The maximum absolute atomic E-state index is 11.3. The maximum atomic E-state index is 11.3. The van der Waals surface area contributed by atoms with Crippen LogP contribution in [0.3, 0.4) is 0 Å². The third kappa shape index (κ3) is 3.67. The van der Waals surface area contributed by atoms with E-state index in [9.17, 15) is 9.59 Å². The van der Waals surface area contributed by atoms with Gasteiger partial charge in [-0.05, 0) is 36.1 Å². The molecule has 1 atom stereocenters. The molecule has 1 aromatic carbocycles. The van der Waals surface area contributed by atoms with Gasteiger partial charge >= 0.3 is 51.4 Å². The monoisotopic (exact) mass is 283 g/mol. The molecule has 0 saturated heterocycles. The van der Waals surface area contributed by atoms with Crippen molar-refractivity contribution in [3.05, 3.63) is 42.0 Å². The first-order chi connectivity index (χ1) is 8.44. The first-order valence-electron chi connectivity index (χ1n) is 5.97. The Morgan fingerprint density at radius 2 is 2.00 bits per heavy atom. The Morgan fingerprint density at radius 1 is 1.37 bits per heavy atom. The van der Waals surface area contributed by atoms with Crippen LogP contribution in [0.2, 0.25) is 0 Å². The summed E-state index contributed by atoms with van der Waals surface area (Å²) in [4.78, 5) is 22.6. The minimum absolute atomic E-state index is 0. The van der Waals surface area contributed by atoms with Crippen LogP contribution in [0.4, 0.5) is 5.69 Å². The van der Waals surface area contributed by atoms with Crippen LogP contribution in [0.5, 0.6) is 0 Å². The van der Waals surface area contributed by atoms with Gasteiger partial charge in [-0.15, -0.1) is 5.41 Å². The fourth-order valence-electron chi connectivity index (χ4n) is 2.24. The van der Waals surface area contributed by atoms with Crippen molar-refractivity contribution in [3.63, 3.8) is 0 Å². The largest absolute Gasteiger partial charge is 1.00 e. The molecule has 0 saturated carbocycles. The van der Waals surface area contributed by atoms with Gasteiger partial charge in [-0.3, -0.25) is 4.79 Å². The first kappa shape index (κ1) is 16.8. The maximum Gasteiger partial charge on any atom is 1.00 e. The summed E-state index contributed by atoms with van der Waals surface area (Å²) in [6, 6.07) is 5.60. The zero-order chi connectivity index (χ0) is 13.3. The fraction of sp³-hybridized carbons (Fsp3) is 0.357. The number of amides is 2. The molecule has 0 radical (unpaired) electrons. The summed E-state index contributed by atoms with van der Waals surface area (Å²) in [5.74, 6) is -0.664. The molecule has 0 bridgehead atoms. The standard InChI is InChI=1S/C14H17N2O2.K/c1-3-12(17)16-11-5-4-9-7-14(2,13(15)18)8-10(9)6-11;/h4-6H,2-3,7-8H2,1H3,(H3,15,16,17,18);/q-1;+1/p-1. The van der Waals surface area contributed by atoms with Gasteiger partial charge in [-0.25, -0.2) is 0 Å². The van der Waals surface area contributed by atoms with Crippen LogP contribution in [-0.2, 0) is 22.4 Å². The van der Waals surface area contributed by atoms with E-state index in [4.69, 9.17) is 5.73 Å². The SMILES string of the molecule is [CH2-]C1(C([NH-])=O)Cc2ccc(NC(=O)CC)cc2C1.[K+]. The molecule has 0 spiro atoms. The van der Waals surface area contributed by atoms with E-state index in [1.54, 1.807) is 6.92 Å². The summed E-state index contributed by atoms with van der Waals surface area (Å²) >= 11 is 0. The summed E-state index contributed by atoms with van der Waals surface area (Å²) in [7, 11) is 0. The van der Waals surface area contributed by atoms with Crippen LogP contribution in [0.15, 0.2) is 18.2 Å². The number of fused-ring (bicyclic) bond motifs is 1. The van der Waals surface area contributed by atoms with E-state index in [-0.39, 0.29) is 57.3 Å². The predicted molar refractivity (Wildman–Crippen MR) is 69.9 cm³/mol. The zero-order valence-electron chi connectivity index (χ0n) is 11.4. The fourth-order valence-corrected chi connectivity index (χ4v) is 2.24. The second-order valence-corrected chi connectivity index (χ2v) is 4.85. The smallest absolute Gasteiger partial charge is 0.670 e. The molecule has 0 heterocycles. The van der Waals surface area contributed by atoms with Crippen LogP contribution in [-0.4, -0.2) is 11.8 Å². The molecule has 0 fully saturated rings. The summed E-state index contributed by atoms with van der Waals surface area (Å²) in [5.41, 5.74) is 9.20. The normalized spacial score (nSPS) is 20.3. The van der Waals surface area contributed by atoms with Crippen molar-refractivity contribution in [2.24, 2.45) is 5.41 Å². The van der Waals surface area contributed by atoms with E-state index >= 15 is 0 Å². The molecule has 1 aromatic rings. The number of benzene rings is 1. The van der Waals surface area contributed by atoms with E-state index in [0.717, 1.165) is 16.8 Å². The number of carbonyl (C=O) groups is 2. The number of hydrogen-bond acceptors (Lipinski definition) is 2. The molecule has 1 aliphatic carbocycles. The molecule has 2 N–H and O–H groups in total. The Balaban J connectivity index is 0.00000180. The zero-order valence-corrected chi connectivity index (χ0v) is 14.5. The van der Waals surface area contributed by atoms with Crippen LogP contribution in [0, 0.1) is 12.3 Å². The average Bonchev–Trinajstić information content (AvgIpc) is 2.66. The van der Waals surface area contributed by atoms with Crippen molar-refractivity contribution >= 4 is 17.5 Å². The van der Waals surface area contributed by atoms with E-state index < -0.39 is 11.3 Å². The van der Waals surface area contributed by atoms with Crippen molar-refractivity contribution < 1.29 is 61.0 Å². The number of nitrogens with one attached hydrogen (secondary N) is 2. The van der Waals surface area contributed by atoms with Gasteiger partial charge < -0.3 is 22.8 Å². The van der Waals surface area contributed by atoms with Crippen LogP contribution >= 0.6 is 0 Å². The molecule has 2 amide bonds. The molecule has 96 valence electrons. The molecule has 19 heavy (non-hydrogen) atoms. The second kappa shape index (κ2) is 6.50. The van der Waals surface area contributed by atoms with Gasteiger partial charge in [0.15, 0.2) is 0 Å². The molecule has 0 aromatic heterocycles. The van der Waals surface area contributed by atoms with Crippen molar-refractivity contribution in [1.29, 1.82) is 0 Å². The molecule has 1 unspecified atom stereocenters. The number of hydrogen-bond donors (Lipinski definition) is 1. The van der Waals surface area contributed by atoms with E-state index in [1.165, 1.54) is 0 Å². The van der Waals surface area contributed by atoms with Gasteiger partial charge in [-0.2, -0.15) is 0 Å². The number of rotatable bonds is 3. The minimum Gasteiger partial charge on any atom is -0.670 e. The minimum atomic E-state index is -0.851. The summed E-state index contributed by atoms with van der Waals surface area (Å²) in [5, 5.41) is 2.79. The van der Waals surface area contributed by atoms with E-state index in [2.05, 4.69) is 12.2 Å². The molecular weight excluding hydrogens is 267 g/mol.